The average molecular weight is 318 g/mol. The van der Waals surface area contributed by atoms with Gasteiger partial charge >= 0.3 is 0 Å². The fraction of sp³-hybridized carbons (Fsp3) is 0.625. The normalized spacial score (nSPS) is 17.8. The van der Waals surface area contributed by atoms with Crippen LogP contribution in [0.1, 0.15) is 32.3 Å². The molecule has 0 saturated carbocycles. The molecule has 0 bridgehead atoms. The standard InChI is InChI=1S/C16H24F2O4/c1-11(20)8-14(21)15(10-19)22-12(2)9-16(17,18)13-6-4-3-5-7-13/h3-7,11-12,14-15,19-21H,8-10H2,1-2H3/t11-,12-,14-,15+/m0/s1. The van der Waals surface area contributed by atoms with Crippen LogP contribution in [-0.2, 0) is 10.7 Å². The van der Waals surface area contributed by atoms with Crippen LogP contribution < -0.4 is 0 Å². The van der Waals surface area contributed by atoms with Crippen LogP contribution in [0.25, 0.3) is 0 Å². The predicted octanol–water partition coefficient (Wildman–Crippen LogP) is 2.07. The van der Waals surface area contributed by atoms with E-state index in [9.17, 15) is 24.1 Å². The molecule has 0 unspecified atom stereocenters. The summed E-state index contributed by atoms with van der Waals surface area (Å²) in [5.41, 5.74) is -0.101. The molecule has 0 heterocycles. The number of alkyl halides is 2. The highest BCUT2D eigenvalue weighted by molar-refractivity contribution is 5.19. The summed E-state index contributed by atoms with van der Waals surface area (Å²) >= 11 is 0. The van der Waals surface area contributed by atoms with Gasteiger partial charge in [0.25, 0.3) is 5.92 Å². The Labute approximate surface area is 129 Å². The largest absolute Gasteiger partial charge is 0.394 e. The summed E-state index contributed by atoms with van der Waals surface area (Å²) in [6.07, 6.45) is -4.30. The molecule has 126 valence electrons. The second kappa shape index (κ2) is 8.53. The first-order chi connectivity index (χ1) is 10.3. The van der Waals surface area contributed by atoms with Crippen molar-refractivity contribution in [2.24, 2.45) is 0 Å². The Morgan fingerprint density at radius 1 is 1.14 bits per heavy atom. The molecule has 0 radical (unpaired) electrons. The minimum atomic E-state index is -3.06. The topological polar surface area (TPSA) is 69.9 Å². The van der Waals surface area contributed by atoms with E-state index in [-0.39, 0.29) is 12.0 Å². The number of rotatable bonds is 9. The molecule has 3 N–H and O–H groups in total. The van der Waals surface area contributed by atoms with E-state index < -0.39 is 43.4 Å². The molecule has 0 spiro atoms. The summed E-state index contributed by atoms with van der Waals surface area (Å²) in [5, 5.41) is 28.2. The van der Waals surface area contributed by atoms with E-state index in [4.69, 9.17) is 4.74 Å². The molecule has 0 aliphatic rings. The van der Waals surface area contributed by atoms with Gasteiger partial charge in [-0.15, -0.1) is 0 Å². The van der Waals surface area contributed by atoms with E-state index in [1.807, 2.05) is 0 Å². The first kappa shape index (κ1) is 19.0. The summed E-state index contributed by atoms with van der Waals surface area (Å²) in [6, 6.07) is 7.43. The van der Waals surface area contributed by atoms with Crippen LogP contribution >= 0.6 is 0 Å². The van der Waals surface area contributed by atoms with Crippen LogP contribution in [0, 0.1) is 0 Å². The summed E-state index contributed by atoms with van der Waals surface area (Å²) < 4.78 is 33.6. The molecule has 22 heavy (non-hydrogen) atoms. The molecule has 0 saturated heterocycles. The monoisotopic (exact) mass is 318 g/mol. The van der Waals surface area contributed by atoms with Gasteiger partial charge in [-0.3, -0.25) is 0 Å². The Morgan fingerprint density at radius 3 is 2.23 bits per heavy atom. The van der Waals surface area contributed by atoms with Crippen molar-refractivity contribution < 1.29 is 28.8 Å². The molecule has 0 amide bonds. The molecular weight excluding hydrogens is 294 g/mol. The van der Waals surface area contributed by atoms with E-state index in [1.54, 1.807) is 6.07 Å². The molecule has 4 atom stereocenters. The first-order valence-electron chi connectivity index (χ1n) is 7.32. The van der Waals surface area contributed by atoms with Gasteiger partial charge in [-0.2, -0.15) is 0 Å². The first-order valence-corrected chi connectivity index (χ1v) is 7.32. The molecule has 6 heteroatoms. The van der Waals surface area contributed by atoms with Crippen molar-refractivity contribution in [2.45, 2.75) is 57.0 Å². The minimum absolute atomic E-state index is 0.00697. The lowest BCUT2D eigenvalue weighted by Crippen LogP contribution is -2.38. The molecule has 0 fully saturated rings. The molecule has 1 aromatic rings. The fourth-order valence-corrected chi connectivity index (χ4v) is 2.26. The van der Waals surface area contributed by atoms with Gasteiger partial charge < -0.3 is 20.1 Å². The average Bonchev–Trinajstić information content (AvgIpc) is 2.44. The number of hydrogen-bond donors (Lipinski definition) is 3. The highest BCUT2D eigenvalue weighted by Crippen LogP contribution is 2.33. The van der Waals surface area contributed by atoms with E-state index in [1.165, 1.54) is 38.1 Å². The van der Waals surface area contributed by atoms with Crippen LogP contribution in [0.15, 0.2) is 30.3 Å². The molecule has 1 aromatic carbocycles. The summed E-state index contributed by atoms with van der Waals surface area (Å²) in [4.78, 5) is 0. The molecule has 0 aromatic heterocycles. The number of benzene rings is 1. The highest BCUT2D eigenvalue weighted by atomic mass is 19.3. The van der Waals surface area contributed by atoms with Crippen molar-refractivity contribution in [1.29, 1.82) is 0 Å². The molecular formula is C16H24F2O4. The zero-order chi connectivity index (χ0) is 16.8. The molecule has 0 aliphatic heterocycles. The Balaban J connectivity index is 2.62. The van der Waals surface area contributed by atoms with Crippen LogP contribution in [-0.4, -0.2) is 46.3 Å². The van der Waals surface area contributed by atoms with E-state index >= 15 is 0 Å². The fourth-order valence-electron chi connectivity index (χ4n) is 2.26. The Bertz CT molecular complexity index is 425. The van der Waals surface area contributed by atoms with Crippen molar-refractivity contribution in [3.63, 3.8) is 0 Å². The van der Waals surface area contributed by atoms with Gasteiger partial charge in [0.15, 0.2) is 0 Å². The molecule has 4 nitrogen and oxygen atoms in total. The van der Waals surface area contributed by atoms with E-state index in [2.05, 4.69) is 0 Å². The van der Waals surface area contributed by atoms with Gasteiger partial charge in [0.2, 0.25) is 0 Å². The maximum absolute atomic E-state index is 14.1. The van der Waals surface area contributed by atoms with Gasteiger partial charge in [-0.1, -0.05) is 30.3 Å². The molecule has 1 rings (SSSR count). The van der Waals surface area contributed by atoms with Crippen molar-refractivity contribution in [1.82, 2.24) is 0 Å². The second-order valence-corrected chi connectivity index (χ2v) is 5.59. The van der Waals surface area contributed by atoms with Crippen molar-refractivity contribution in [2.75, 3.05) is 6.61 Å². The van der Waals surface area contributed by atoms with Gasteiger partial charge in [0.1, 0.15) is 6.10 Å². The van der Waals surface area contributed by atoms with Crippen LogP contribution in [0.5, 0.6) is 0 Å². The lowest BCUT2D eigenvalue weighted by atomic mass is 10.0. The summed E-state index contributed by atoms with van der Waals surface area (Å²) in [5.74, 6) is -3.06. The van der Waals surface area contributed by atoms with Crippen LogP contribution in [0.3, 0.4) is 0 Å². The third-order valence-corrected chi connectivity index (χ3v) is 3.34. The maximum Gasteiger partial charge on any atom is 0.275 e. The molecule has 0 aliphatic carbocycles. The summed E-state index contributed by atoms with van der Waals surface area (Å²) in [7, 11) is 0. The zero-order valence-electron chi connectivity index (χ0n) is 12.8. The number of aliphatic hydroxyl groups excluding tert-OH is 3. The summed E-state index contributed by atoms with van der Waals surface area (Å²) in [6.45, 7) is 2.45. The smallest absolute Gasteiger partial charge is 0.275 e. The number of halogens is 2. The van der Waals surface area contributed by atoms with Gasteiger partial charge in [0.05, 0.1) is 24.9 Å². The quantitative estimate of drug-likeness (QED) is 0.652. The second-order valence-electron chi connectivity index (χ2n) is 5.59. The third kappa shape index (κ3) is 5.96. The van der Waals surface area contributed by atoms with Crippen LogP contribution in [0.2, 0.25) is 0 Å². The number of ether oxygens (including phenoxy) is 1. The van der Waals surface area contributed by atoms with Crippen molar-refractivity contribution in [3.8, 4) is 0 Å². The third-order valence-electron chi connectivity index (χ3n) is 3.34. The minimum Gasteiger partial charge on any atom is -0.394 e. The maximum atomic E-state index is 14.1. The van der Waals surface area contributed by atoms with Crippen molar-refractivity contribution >= 4 is 0 Å². The zero-order valence-corrected chi connectivity index (χ0v) is 12.8. The van der Waals surface area contributed by atoms with Gasteiger partial charge in [-0.05, 0) is 13.8 Å². The van der Waals surface area contributed by atoms with Gasteiger partial charge in [-0.25, -0.2) is 8.78 Å². The lowest BCUT2D eigenvalue weighted by molar-refractivity contribution is -0.131. The van der Waals surface area contributed by atoms with Gasteiger partial charge in [0, 0.05) is 18.4 Å². The van der Waals surface area contributed by atoms with E-state index in [0.29, 0.717) is 0 Å². The van der Waals surface area contributed by atoms with Crippen LogP contribution in [0.4, 0.5) is 8.78 Å². The Morgan fingerprint density at radius 2 is 1.73 bits per heavy atom. The highest BCUT2D eigenvalue weighted by Gasteiger charge is 2.35. The Hall–Kier alpha value is -1.08. The van der Waals surface area contributed by atoms with E-state index in [0.717, 1.165) is 0 Å². The lowest BCUT2D eigenvalue weighted by Gasteiger charge is -2.28. The SMILES string of the molecule is C[C@H](O)C[C@H](O)[C@@H](CO)O[C@@H](C)CC(F)(F)c1ccccc1. The number of hydrogen-bond acceptors (Lipinski definition) is 4. The van der Waals surface area contributed by atoms with Crippen molar-refractivity contribution in [3.05, 3.63) is 35.9 Å². The Kier molecular flexibility index (Phi) is 7.35. The predicted molar refractivity (Wildman–Crippen MR) is 78.7 cm³/mol. The number of aliphatic hydroxyl groups is 3.